The molecule has 3 atom stereocenters. The Bertz CT molecular complexity index is 394. The fraction of sp³-hybridized carbons (Fsp3) is 0.643. The highest BCUT2D eigenvalue weighted by molar-refractivity contribution is 5.29. The SMILES string of the molecule is COc1cncc(C2(O)CC(C)CCC2C)c1. The Morgan fingerprint density at radius 3 is 2.82 bits per heavy atom. The molecule has 0 spiro atoms. The molecular weight excluding hydrogens is 214 g/mol. The van der Waals surface area contributed by atoms with E-state index in [1.807, 2.05) is 6.07 Å². The number of aliphatic hydroxyl groups is 1. The van der Waals surface area contributed by atoms with E-state index in [1.165, 1.54) is 6.42 Å². The summed E-state index contributed by atoms with van der Waals surface area (Å²) in [6.07, 6.45) is 6.50. The van der Waals surface area contributed by atoms with Crippen molar-refractivity contribution in [2.45, 2.75) is 38.7 Å². The summed E-state index contributed by atoms with van der Waals surface area (Å²) >= 11 is 0. The lowest BCUT2D eigenvalue weighted by Crippen LogP contribution is -2.39. The van der Waals surface area contributed by atoms with Crippen molar-refractivity contribution in [1.29, 1.82) is 0 Å². The molecule has 1 aromatic heterocycles. The van der Waals surface area contributed by atoms with E-state index in [1.54, 1.807) is 19.5 Å². The van der Waals surface area contributed by atoms with Gasteiger partial charge in [-0.05, 0) is 30.7 Å². The largest absolute Gasteiger partial charge is 0.495 e. The molecular formula is C14H21NO2. The average molecular weight is 235 g/mol. The number of hydrogen-bond donors (Lipinski definition) is 1. The lowest BCUT2D eigenvalue weighted by molar-refractivity contribution is -0.0630. The molecule has 3 unspecified atom stereocenters. The molecule has 3 nitrogen and oxygen atoms in total. The molecule has 1 fully saturated rings. The summed E-state index contributed by atoms with van der Waals surface area (Å²) in [5, 5.41) is 10.9. The second-order valence-electron chi connectivity index (χ2n) is 5.33. The summed E-state index contributed by atoms with van der Waals surface area (Å²) in [6, 6.07) is 1.90. The minimum atomic E-state index is -0.751. The summed E-state index contributed by atoms with van der Waals surface area (Å²) in [5.74, 6) is 1.54. The minimum Gasteiger partial charge on any atom is -0.495 e. The third kappa shape index (κ3) is 2.29. The van der Waals surface area contributed by atoms with E-state index in [0.29, 0.717) is 11.7 Å². The van der Waals surface area contributed by atoms with E-state index >= 15 is 0 Å². The summed E-state index contributed by atoms with van der Waals surface area (Å²) in [4.78, 5) is 4.15. The van der Waals surface area contributed by atoms with Gasteiger partial charge in [0.25, 0.3) is 0 Å². The molecule has 1 heterocycles. The van der Waals surface area contributed by atoms with Crippen LogP contribution in [0.1, 0.15) is 38.7 Å². The Hall–Kier alpha value is -1.09. The smallest absolute Gasteiger partial charge is 0.137 e. The molecule has 0 amide bonds. The summed E-state index contributed by atoms with van der Waals surface area (Å²) < 4.78 is 5.18. The van der Waals surface area contributed by atoms with Gasteiger partial charge < -0.3 is 9.84 Å². The zero-order valence-electron chi connectivity index (χ0n) is 10.8. The van der Waals surface area contributed by atoms with Crippen LogP contribution in [-0.4, -0.2) is 17.2 Å². The zero-order valence-corrected chi connectivity index (χ0v) is 10.8. The third-order valence-electron chi connectivity index (χ3n) is 4.02. The molecule has 0 bridgehead atoms. The highest BCUT2D eigenvalue weighted by Gasteiger charge is 2.40. The molecule has 1 aliphatic rings. The van der Waals surface area contributed by atoms with Gasteiger partial charge in [-0.3, -0.25) is 4.98 Å². The first-order valence-electron chi connectivity index (χ1n) is 6.28. The number of rotatable bonds is 2. The molecule has 1 saturated carbocycles. The number of aromatic nitrogens is 1. The predicted octanol–water partition coefficient (Wildman–Crippen LogP) is 2.73. The van der Waals surface area contributed by atoms with Gasteiger partial charge in [0.05, 0.1) is 18.9 Å². The van der Waals surface area contributed by atoms with Gasteiger partial charge >= 0.3 is 0 Å². The predicted molar refractivity (Wildman–Crippen MR) is 66.9 cm³/mol. The molecule has 0 radical (unpaired) electrons. The number of nitrogens with zero attached hydrogens (tertiary/aromatic N) is 1. The maximum Gasteiger partial charge on any atom is 0.137 e. The van der Waals surface area contributed by atoms with Crippen molar-refractivity contribution in [3.63, 3.8) is 0 Å². The molecule has 0 saturated heterocycles. The van der Waals surface area contributed by atoms with E-state index < -0.39 is 5.60 Å². The van der Waals surface area contributed by atoms with Crippen LogP contribution in [0, 0.1) is 11.8 Å². The van der Waals surface area contributed by atoms with Crippen LogP contribution in [-0.2, 0) is 5.60 Å². The topological polar surface area (TPSA) is 42.4 Å². The Morgan fingerprint density at radius 1 is 1.35 bits per heavy atom. The van der Waals surface area contributed by atoms with Gasteiger partial charge in [0.2, 0.25) is 0 Å². The quantitative estimate of drug-likeness (QED) is 0.857. The van der Waals surface area contributed by atoms with Gasteiger partial charge in [0.1, 0.15) is 5.75 Å². The Labute approximate surface area is 103 Å². The van der Waals surface area contributed by atoms with Crippen LogP contribution >= 0.6 is 0 Å². The molecule has 0 aromatic carbocycles. The van der Waals surface area contributed by atoms with E-state index in [-0.39, 0.29) is 5.92 Å². The molecule has 1 aliphatic carbocycles. The van der Waals surface area contributed by atoms with Crippen molar-refractivity contribution >= 4 is 0 Å². The maximum atomic E-state index is 10.9. The standard InChI is InChI=1S/C14H21NO2/c1-10-4-5-11(2)14(16,7-10)12-6-13(17-3)9-15-8-12/h6,8-11,16H,4-5,7H2,1-3H3. The van der Waals surface area contributed by atoms with Crippen molar-refractivity contribution in [1.82, 2.24) is 4.98 Å². The highest BCUT2D eigenvalue weighted by Crippen LogP contribution is 2.44. The van der Waals surface area contributed by atoms with Crippen LogP contribution < -0.4 is 4.74 Å². The maximum absolute atomic E-state index is 10.9. The van der Waals surface area contributed by atoms with Crippen molar-refractivity contribution in [2.24, 2.45) is 11.8 Å². The first-order valence-corrected chi connectivity index (χ1v) is 6.28. The fourth-order valence-corrected chi connectivity index (χ4v) is 2.78. The number of hydrogen-bond acceptors (Lipinski definition) is 3. The van der Waals surface area contributed by atoms with Gasteiger partial charge in [0, 0.05) is 11.8 Å². The van der Waals surface area contributed by atoms with E-state index in [0.717, 1.165) is 18.4 Å². The van der Waals surface area contributed by atoms with Crippen LogP contribution in [0.2, 0.25) is 0 Å². The van der Waals surface area contributed by atoms with Crippen LogP contribution in [0.15, 0.2) is 18.5 Å². The second kappa shape index (κ2) is 4.65. The van der Waals surface area contributed by atoms with Crippen LogP contribution in [0.5, 0.6) is 5.75 Å². The summed E-state index contributed by atoms with van der Waals surface area (Å²) in [6.45, 7) is 4.32. The average Bonchev–Trinajstić information content (AvgIpc) is 2.34. The minimum absolute atomic E-state index is 0.271. The van der Waals surface area contributed by atoms with Gasteiger partial charge in [-0.2, -0.15) is 0 Å². The molecule has 0 aliphatic heterocycles. The van der Waals surface area contributed by atoms with E-state index in [2.05, 4.69) is 18.8 Å². The normalized spacial score (nSPS) is 33.4. The second-order valence-corrected chi connectivity index (χ2v) is 5.33. The van der Waals surface area contributed by atoms with Crippen LogP contribution in [0.3, 0.4) is 0 Å². The molecule has 2 rings (SSSR count). The third-order valence-corrected chi connectivity index (χ3v) is 4.02. The first-order chi connectivity index (χ1) is 8.06. The Balaban J connectivity index is 2.34. The van der Waals surface area contributed by atoms with E-state index in [9.17, 15) is 5.11 Å². The van der Waals surface area contributed by atoms with Crippen molar-refractivity contribution in [2.75, 3.05) is 7.11 Å². The molecule has 3 heteroatoms. The highest BCUT2D eigenvalue weighted by atomic mass is 16.5. The van der Waals surface area contributed by atoms with Crippen LogP contribution in [0.25, 0.3) is 0 Å². The molecule has 1 N–H and O–H groups in total. The fourth-order valence-electron chi connectivity index (χ4n) is 2.78. The Morgan fingerprint density at radius 2 is 2.12 bits per heavy atom. The van der Waals surface area contributed by atoms with Crippen molar-refractivity contribution in [3.05, 3.63) is 24.0 Å². The van der Waals surface area contributed by atoms with Gasteiger partial charge in [-0.15, -0.1) is 0 Å². The molecule has 17 heavy (non-hydrogen) atoms. The first kappa shape index (κ1) is 12.4. The molecule has 1 aromatic rings. The Kier molecular flexibility index (Phi) is 3.38. The number of methoxy groups -OCH3 is 1. The monoisotopic (exact) mass is 235 g/mol. The lowest BCUT2D eigenvalue weighted by atomic mass is 9.69. The van der Waals surface area contributed by atoms with Crippen molar-refractivity contribution < 1.29 is 9.84 Å². The van der Waals surface area contributed by atoms with Gasteiger partial charge in [0.15, 0.2) is 0 Å². The number of pyridine rings is 1. The van der Waals surface area contributed by atoms with Crippen molar-refractivity contribution in [3.8, 4) is 5.75 Å². The zero-order chi connectivity index (χ0) is 12.5. The number of ether oxygens (including phenoxy) is 1. The van der Waals surface area contributed by atoms with Gasteiger partial charge in [-0.1, -0.05) is 20.3 Å². The van der Waals surface area contributed by atoms with E-state index in [4.69, 9.17) is 4.74 Å². The summed E-state index contributed by atoms with van der Waals surface area (Å²) in [7, 11) is 1.62. The van der Waals surface area contributed by atoms with Gasteiger partial charge in [-0.25, -0.2) is 0 Å². The van der Waals surface area contributed by atoms with Crippen LogP contribution in [0.4, 0.5) is 0 Å². The molecule has 94 valence electrons. The lowest BCUT2D eigenvalue weighted by Gasteiger charge is -2.41. The summed E-state index contributed by atoms with van der Waals surface area (Å²) in [5.41, 5.74) is 0.134.